The number of primary amides is 1. The van der Waals surface area contributed by atoms with Gasteiger partial charge in [0.15, 0.2) is 0 Å². The van der Waals surface area contributed by atoms with Gasteiger partial charge in [0.05, 0.1) is 23.6 Å². The molecule has 0 unspecified atom stereocenters. The van der Waals surface area contributed by atoms with Crippen LogP contribution in [0.15, 0.2) is 42.5 Å². The first-order valence-corrected chi connectivity index (χ1v) is 7.51. The number of nitrogens with two attached hydrogens (primary N) is 1. The zero-order valence-electron chi connectivity index (χ0n) is 12.9. The Balaban J connectivity index is 2.17. The maximum absolute atomic E-state index is 12.3. The highest BCUT2D eigenvalue weighted by Crippen LogP contribution is 2.27. The molecule has 2 aromatic carbocycles. The third-order valence-corrected chi connectivity index (χ3v) is 3.47. The normalized spacial score (nSPS) is 10.1. The molecule has 0 aliphatic rings. The van der Waals surface area contributed by atoms with E-state index in [2.05, 4.69) is 5.32 Å². The van der Waals surface area contributed by atoms with E-state index in [0.717, 1.165) is 6.07 Å². The average molecular weight is 364 g/mol. The number of rotatable bonds is 7. The van der Waals surface area contributed by atoms with Crippen LogP contribution >= 0.6 is 11.6 Å². The zero-order chi connectivity index (χ0) is 18.4. The van der Waals surface area contributed by atoms with Gasteiger partial charge in [-0.1, -0.05) is 23.7 Å². The lowest BCUT2D eigenvalue weighted by Crippen LogP contribution is -2.16. The van der Waals surface area contributed by atoms with Crippen LogP contribution in [0.4, 0.5) is 11.4 Å². The van der Waals surface area contributed by atoms with Gasteiger partial charge in [0.2, 0.25) is 5.91 Å². The predicted octanol–water partition coefficient (Wildman–Crippen LogP) is 2.75. The molecule has 25 heavy (non-hydrogen) atoms. The molecule has 0 saturated heterocycles. The van der Waals surface area contributed by atoms with Crippen molar-refractivity contribution in [3.63, 3.8) is 0 Å². The molecule has 9 heteroatoms. The van der Waals surface area contributed by atoms with Crippen molar-refractivity contribution in [3.05, 3.63) is 63.2 Å². The molecule has 2 aromatic rings. The van der Waals surface area contributed by atoms with Gasteiger partial charge in [-0.3, -0.25) is 19.7 Å². The van der Waals surface area contributed by atoms with Crippen molar-refractivity contribution in [1.82, 2.24) is 0 Å². The molecular weight excluding hydrogens is 350 g/mol. The number of halogens is 1. The van der Waals surface area contributed by atoms with Crippen molar-refractivity contribution < 1.29 is 19.2 Å². The molecule has 2 rings (SSSR count). The number of nitrogens with zero attached hydrogens (tertiary/aromatic N) is 1. The molecule has 0 spiro atoms. The molecule has 0 aliphatic carbocycles. The predicted molar refractivity (Wildman–Crippen MR) is 91.8 cm³/mol. The first kappa shape index (κ1) is 18.2. The van der Waals surface area contributed by atoms with Gasteiger partial charge in [-0.15, -0.1) is 0 Å². The maximum Gasteiger partial charge on any atom is 0.288 e. The Labute approximate surface area is 147 Å². The Morgan fingerprint density at radius 1 is 1.24 bits per heavy atom. The number of hydrogen-bond acceptors (Lipinski definition) is 5. The fourth-order valence-corrected chi connectivity index (χ4v) is 2.13. The summed E-state index contributed by atoms with van der Waals surface area (Å²) in [4.78, 5) is 33.3. The first-order chi connectivity index (χ1) is 11.9. The summed E-state index contributed by atoms with van der Waals surface area (Å²) in [6.07, 6.45) is 0.0334. The van der Waals surface area contributed by atoms with E-state index in [1.54, 1.807) is 24.3 Å². The number of ether oxygens (including phenoxy) is 1. The van der Waals surface area contributed by atoms with Gasteiger partial charge in [0.25, 0.3) is 11.6 Å². The highest BCUT2D eigenvalue weighted by molar-refractivity contribution is 6.32. The molecule has 0 fully saturated rings. The Bertz CT molecular complexity index is 825. The monoisotopic (exact) mass is 363 g/mol. The molecule has 8 nitrogen and oxygen atoms in total. The maximum atomic E-state index is 12.3. The number of nitro benzene ring substituents is 1. The lowest BCUT2D eigenvalue weighted by Gasteiger charge is -2.12. The third-order valence-electron chi connectivity index (χ3n) is 3.15. The molecule has 130 valence electrons. The minimum Gasteiger partial charge on any atom is -0.491 e. The van der Waals surface area contributed by atoms with Crippen LogP contribution in [0.3, 0.4) is 0 Å². The number of amides is 2. The molecule has 2 amide bonds. The average Bonchev–Trinajstić information content (AvgIpc) is 2.56. The fraction of sp³-hybridized carbons (Fsp3) is 0.125. The Morgan fingerprint density at radius 2 is 1.96 bits per heavy atom. The van der Waals surface area contributed by atoms with Crippen LogP contribution in [0.2, 0.25) is 5.02 Å². The zero-order valence-corrected chi connectivity index (χ0v) is 13.7. The van der Waals surface area contributed by atoms with Crippen molar-refractivity contribution in [3.8, 4) is 5.75 Å². The molecular formula is C16H14ClN3O5. The molecule has 0 atom stereocenters. The molecule has 0 saturated carbocycles. The Hall–Kier alpha value is -3.13. The van der Waals surface area contributed by atoms with Crippen molar-refractivity contribution in [2.75, 3.05) is 11.9 Å². The highest BCUT2D eigenvalue weighted by atomic mass is 35.5. The van der Waals surface area contributed by atoms with Crippen LogP contribution < -0.4 is 15.8 Å². The van der Waals surface area contributed by atoms with E-state index >= 15 is 0 Å². The number of anilines is 1. The number of hydrogen-bond donors (Lipinski definition) is 2. The van der Waals surface area contributed by atoms with E-state index in [9.17, 15) is 19.7 Å². The lowest BCUT2D eigenvalue weighted by atomic mass is 10.2. The SMILES string of the molecule is NC(=O)CCOc1ccccc1NC(=O)c1ccc(Cl)c([N+](=O)[O-])c1. The quantitative estimate of drug-likeness (QED) is 0.578. The number of nitro groups is 1. The largest absolute Gasteiger partial charge is 0.491 e. The summed E-state index contributed by atoms with van der Waals surface area (Å²) in [7, 11) is 0. The van der Waals surface area contributed by atoms with Crippen LogP contribution in [-0.2, 0) is 4.79 Å². The fourth-order valence-electron chi connectivity index (χ4n) is 1.95. The van der Waals surface area contributed by atoms with Crippen molar-refractivity contribution in [1.29, 1.82) is 0 Å². The van der Waals surface area contributed by atoms with Gasteiger partial charge in [-0.05, 0) is 24.3 Å². The van der Waals surface area contributed by atoms with Crippen molar-refractivity contribution >= 4 is 34.8 Å². The van der Waals surface area contributed by atoms with E-state index in [1.807, 2.05) is 0 Å². The third kappa shape index (κ3) is 4.92. The van der Waals surface area contributed by atoms with Gasteiger partial charge in [0.1, 0.15) is 10.8 Å². The molecule has 3 N–H and O–H groups in total. The molecule has 0 radical (unpaired) electrons. The van der Waals surface area contributed by atoms with Gasteiger partial charge >= 0.3 is 0 Å². The topological polar surface area (TPSA) is 125 Å². The van der Waals surface area contributed by atoms with E-state index < -0.39 is 16.7 Å². The van der Waals surface area contributed by atoms with Crippen molar-refractivity contribution in [2.45, 2.75) is 6.42 Å². The van der Waals surface area contributed by atoms with Crippen LogP contribution in [0, 0.1) is 10.1 Å². The second-order valence-electron chi connectivity index (χ2n) is 4.94. The van der Waals surface area contributed by atoms with Gasteiger partial charge in [0, 0.05) is 11.6 Å². The van der Waals surface area contributed by atoms with Crippen LogP contribution in [0.25, 0.3) is 0 Å². The summed E-state index contributed by atoms with van der Waals surface area (Å²) in [5.41, 5.74) is 5.12. The van der Waals surface area contributed by atoms with Crippen LogP contribution in [0.1, 0.15) is 16.8 Å². The van der Waals surface area contributed by atoms with Gasteiger partial charge in [-0.2, -0.15) is 0 Å². The van der Waals surface area contributed by atoms with Crippen LogP contribution in [-0.4, -0.2) is 23.3 Å². The standard InChI is InChI=1S/C16H14ClN3O5/c17-11-6-5-10(9-13(11)20(23)24)16(22)19-12-3-1-2-4-14(12)25-8-7-15(18)21/h1-6,9H,7-8H2,(H2,18,21)(H,19,22). The molecule has 0 bridgehead atoms. The number of carbonyl (C=O) groups excluding carboxylic acids is 2. The molecule has 0 aliphatic heterocycles. The number of nitrogens with one attached hydrogen (secondary N) is 1. The van der Waals surface area contributed by atoms with Gasteiger partial charge < -0.3 is 15.8 Å². The van der Waals surface area contributed by atoms with E-state index in [1.165, 1.54) is 12.1 Å². The lowest BCUT2D eigenvalue weighted by molar-refractivity contribution is -0.384. The summed E-state index contributed by atoms with van der Waals surface area (Å²) in [6, 6.07) is 10.3. The summed E-state index contributed by atoms with van der Waals surface area (Å²) in [5, 5.41) is 13.5. The number of para-hydroxylation sites is 2. The van der Waals surface area contributed by atoms with E-state index in [-0.39, 0.29) is 29.3 Å². The summed E-state index contributed by atoms with van der Waals surface area (Å²) < 4.78 is 5.42. The van der Waals surface area contributed by atoms with Gasteiger partial charge in [-0.25, -0.2) is 0 Å². The van der Waals surface area contributed by atoms with Crippen LogP contribution in [0.5, 0.6) is 5.75 Å². The smallest absolute Gasteiger partial charge is 0.288 e. The minimum atomic E-state index is -0.667. The number of carbonyl (C=O) groups is 2. The van der Waals surface area contributed by atoms with E-state index in [0.29, 0.717) is 11.4 Å². The second-order valence-corrected chi connectivity index (χ2v) is 5.35. The molecule has 0 aromatic heterocycles. The van der Waals surface area contributed by atoms with Crippen molar-refractivity contribution in [2.24, 2.45) is 5.73 Å². The summed E-state index contributed by atoms with van der Waals surface area (Å²) in [5.74, 6) is -0.721. The first-order valence-electron chi connectivity index (χ1n) is 7.14. The Morgan fingerprint density at radius 3 is 2.64 bits per heavy atom. The molecule has 0 heterocycles. The number of benzene rings is 2. The summed E-state index contributed by atoms with van der Waals surface area (Å²) in [6.45, 7) is 0.0641. The van der Waals surface area contributed by atoms with E-state index in [4.69, 9.17) is 22.1 Å². The highest BCUT2D eigenvalue weighted by Gasteiger charge is 2.17. The second kappa shape index (κ2) is 8.11. The minimum absolute atomic E-state index is 0.0334. The summed E-state index contributed by atoms with van der Waals surface area (Å²) >= 11 is 5.73. The Kier molecular flexibility index (Phi) is 5.91.